The van der Waals surface area contributed by atoms with Gasteiger partial charge in [-0.25, -0.2) is 0 Å². The Bertz CT molecular complexity index is 193. The van der Waals surface area contributed by atoms with Gasteiger partial charge in [-0.3, -0.25) is 4.79 Å². The Balaban J connectivity index is 1.75. The van der Waals surface area contributed by atoms with E-state index in [4.69, 9.17) is 0 Å². The van der Waals surface area contributed by atoms with Crippen LogP contribution in [-0.2, 0) is 4.79 Å². The zero-order chi connectivity index (χ0) is 9.80. The topological polar surface area (TPSA) is 41.1 Å². The first kappa shape index (κ1) is 9.97. The second-order valence-electron chi connectivity index (χ2n) is 4.53. The van der Waals surface area contributed by atoms with Gasteiger partial charge in [0.1, 0.15) is 0 Å². The molecule has 1 atom stereocenters. The molecule has 2 rings (SSSR count). The van der Waals surface area contributed by atoms with Crippen LogP contribution in [0.15, 0.2) is 0 Å². The molecular formula is C11H20N2O. The van der Waals surface area contributed by atoms with Gasteiger partial charge in [0.2, 0.25) is 5.91 Å². The van der Waals surface area contributed by atoms with Crippen molar-refractivity contribution in [3.05, 3.63) is 0 Å². The van der Waals surface area contributed by atoms with E-state index in [-0.39, 0.29) is 0 Å². The summed E-state index contributed by atoms with van der Waals surface area (Å²) in [6.45, 7) is 2.01. The Morgan fingerprint density at radius 1 is 1.14 bits per heavy atom. The Morgan fingerprint density at radius 2 is 1.93 bits per heavy atom. The summed E-state index contributed by atoms with van der Waals surface area (Å²) in [5.74, 6) is 0.614. The lowest BCUT2D eigenvalue weighted by molar-refractivity contribution is -0.126. The van der Waals surface area contributed by atoms with Crippen molar-refractivity contribution in [2.45, 2.75) is 44.6 Å². The molecule has 2 aliphatic rings. The molecule has 1 saturated heterocycles. The van der Waals surface area contributed by atoms with Crippen molar-refractivity contribution < 1.29 is 4.79 Å². The van der Waals surface area contributed by atoms with Crippen molar-refractivity contribution in [3.8, 4) is 0 Å². The first-order valence-corrected chi connectivity index (χ1v) is 5.87. The molecule has 2 N–H and O–H groups in total. The number of rotatable bonds is 2. The van der Waals surface area contributed by atoms with Crippen molar-refractivity contribution in [1.82, 2.24) is 10.6 Å². The van der Waals surface area contributed by atoms with Crippen LogP contribution in [0, 0.1) is 5.92 Å². The highest BCUT2D eigenvalue weighted by atomic mass is 16.1. The van der Waals surface area contributed by atoms with Crippen LogP contribution in [0.2, 0.25) is 0 Å². The van der Waals surface area contributed by atoms with Gasteiger partial charge in [-0.15, -0.1) is 0 Å². The average Bonchev–Trinajstić information content (AvgIpc) is 2.72. The summed E-state index contributed by atoms with van der Waals surface area (Å²) in [6.07, 6.45) is 7.09. The number of hydrogen-bond acceptors (Lipinski definition) is 2. The lowest BCUT2D eigenvalue weighted by Gasteiger charge is -2.22. The van der Waals surface area contributed by atoms with Gasteiger partial charge in [-0.2, -0.15) is 0 Å². The second kappa shape index (κ2) is 4.78. The molecule has 0 spiro atoms. The molecule has 0 aromatic heterocycles. The molecule has 2 fully saturated rings. The van der Waals surface area contributed by atoms with E-state index in [9.17, 15) is 4.79 Å². The molecule has 0 bridgehead atoms. The zero-order valence-corrected chi connectivity index (χ0v) is 8.72. The molecule has 3 nitrogen and oxygen atoms in total. The number of carbonyl (C=O) groups is 1. The maximum absolute atomic E-state index is 11.8. The Morgan fingerprint density at radius 3 is 2.57 bits per heavy atom. The number of nitrogens with one attached hydrogen (secondary N) is 2. The highest BCUT2D eigenvalue weighted by molar-refractivity contribution is 5.79. The van der Waals surface area contributed by atoms with Crippen molar-refractivity contribution >= 4 is 5.91 Å². The molecule has 0 aromatic carbocycles. The molecule has 0 aromatic rings. The zero-order valence-electron chi connectivity index (χ0n) is 8.72. The number of carbonyl (C=O) groups excluding carboxylic acids is 1. The van der Waals surface area contributed by atoms with Crippen LogP contribution in [0.3, 0.4) is 0 Å². The monoisotopic (exact) mass is 196 g/mol. The Kier molecular flexibility index (Phi) is 3.40. The van der Waals surface area contributed by atoms with E-state index in [0.717, 1.165) is 32.4 Å². The van der Waals surface area contributed by atoms with E-state index in [0.29, 0.717) is 17.9 Å². The van der Waals surface area contributed by atoms with E-state index in [2.05, 4.69) is 10.6 Å². The van der Waals surface area contributed by atoms with Gasteiger partial charge in [0.15, 0.2) is 0 Å². The van der Waals surface area contributed by atoms with Crippen molar-refractivity contribution in [3.63, 3.8) is 0 Å². The molecule has 1 aliphatic carbocycles. The third kappa shape index (κ3) is 2.47. The van der Waals surface area contributed by atoms with Crippen LogP contribution >= 0.6 is 0 Å². The molecule has 14 heavy (non-hydrogen) atoms. The quantitative estimate of drug-likeness (QED) is 0.693. The third-order valence-electron chi connectivity index (χ3n) is 3.38. The van der Waals surface area contributed by atoms with Gasteiger partial charge in [0.05, 0.1) is 0 Å². The minimum absolute atomic E-state index is 0.304. The maximum atomic E-state index is 11.8. The third-order valence-corrected chi connectivity index (χ3v) is 3.38. The lowest BCUT2D eigenvalue weighted by atomic mass is 9.88. The van der Waals surface area contributed by atoms with Gasteiger partial charge in [0.25, 0.3) is 0 Å². The van der Waals surface area contributed by atoms with E-state index < -0.39 is 0 Å². The van der Waals surface area contributed by atoms with Crippen LogP contribution in [0.25, 0.3) is 0 Å². The molecule has 80 valence electrons. The van der Waals surface area contributed by atoms with Crippen molar-refractivity contribution in [1.29, 1.82) is 0 Å². The predicted molar refractivity (Wildman–Crippen MR) is 56.0 cm³/mol. The predicted octanol–water partition coefficient (Wildman–Crippen LogP) is 1.04. The minimum Gasteiger partial charge on any atom is -0.352 e. The van der Waals surface area contributed by atoms with Crippen LogP contribution in [0.1, 0.15) is 38.5 Å². The molecule has 1 aliphatic heterocycles. The van der Waals surface area contributed by atoms with Gasteiger partial charge >= 0.3 is 0 Å². The highest BCUT2D eigenvalue weighted by Gasteiger charge is 2.24. The van der Waals surface area contributed by atoms with Crippen LogP contribution < -0.4 is 10.6 Å². The fourth-order valence-electron chi connectivity index (χ4n) is 2.46. The molecule has 3 heteroatoms. The molecule has 0 unspecified atom stereocenters. The Hall–Kier alpha value is -0.570. The molecular weight excluding hydrogens is 176 g/mol. The summed E-state index contributed by atoms with van der Waals surface area (Å²) < 4.78 is 0. The van der Waals surface area contributed by atoms with Gasteiger partial charge < -0.3 is 10.6 Å². The average molecular weight is 196 g/mol. The summed E-state index contributed by atoms with van der Waals surface area (Å²) in [4.78, 5) is 11.8. The minimum atomic E-state index is 0.304. The first-order chi connectivity index (χ1) is 6.86. The molecule has 1 amide bonds. The van der Waals surface area contributed by atoms with Gasteiger partial charge in [0, 0.05) is 18.5 Å². The summed E-state index contributed by atoms with van der Waals surface area (Å²) in [5.41, 5.74) is 0. The van der Waals surface area contributed by atoms with Crippen LogP contribution in [0.5, 0.6) is 0 Å². The van der Waals surface area contributed by atoms with E-state index >= 15 is 0 Å². The number of amides is 1. The van der Waals surface area contributed by atoms with Crippen LogP contribution in [-0.4, -0.2) is 25.0 Å². The SMILES string of the molecule is O=C(N[C@H]1CCNC1)C1CCCCC1. The van der Waals surface area contributed by atoms with Crippen LogP contribution in [0.4, 0.5) is 0 Å². The fraction of sp³-hybridized carbons (Fsp3) is 0.909. The normalized spacial score (nSPS) is 29.0. The van der Waals surface area contributed by atoms with Crippen molar-refractivity contribution in [2.75, 3.05) is 13.1 Å². The summed E-state index contributed by atoms with van der Waals surface area (Å²) in [7, 11) is 0. The van der Waals surface area contributed by atoms with Gasteiger partial charge in [-0.1, -0.05) is 19.3 Å². The van der Waals surface area contributed by atoms with E-state index in [1.807, 2.05) is 0 Å². The molecule has 0 radical (unpaired) electrons. The summed E-state index contributed by atoms with van der Waals surface area (Å²) in [6, 6.07) is 0.393. The highest BCUT2D eigenvalue weighted by Crippen LogP contribution is 2.23. The maximum Gasteiger partial charge on any atom is 0.223 e. The lowest BCUT2D eigenvalue weighted by Crippen LogP contribution is -2.40. The van der Waals surface area contributed by atoms with E-state index in [1.54, 1.807) is 0 Å². The number of hydrogen-bond donors (Lipinski definition) is 2. The first-order valence-electron chi connectivity index (χ1n) is 5.87. The largest absolute Gasteiger partial charge is 0.352 e. The summed E-state index contributed by atoms with van der Waals surface area (Å²) in [5, 5.41) is 6.41. The van der Waals surface area contributed by atoms with E-state index in [1.165, 1.54) is 19.3 Å². The summed E-state index contributed by atoms with van der Waals surface area (Å²) >= 11 is 0. The standard InChI is InChI=1S/C11H20N2O/c14-11(9-4-2-1-3-5-9)13-10-6-7-12-8-10/h9-10,12H,1-8H2,(H,13,14)/t10-/m0/s1. The molecule has 1 heterocycles. The van der Waals surface area contributed by atoms with Gasteiger partial charge in [-0.05, 0) is 25.8 Å². The molecule has 1 saturated carbocycles. The van der Waals surface area contributed by atoms with Crippen molar-refractivity contribution in [2.24, 2.45) is 5.92 Å². The smallest absolute Gasteiger partial charge is 0.223 e. The fourth-order valence-corrected chi connectivity index (χ4v) is 2.46. The Labute approximate surface area is 85.6 Å². The second-order valence-corrected chi connectivity index (χ2v) is 4.53.